The van der Waals surface area contributed by atoms with Crippen molar-refractivity contribution in [2.45, 2.75) is 0 Å². The lowest BCUT2D eigenvalue weighted by atomic mass is 9.85. The highest BCUT2D eigenvalue weighted by atomic mass is 32.1. The van der Waals surface area contributed by atoms with Crippen molar-refractivity contribution in [3.63, 3.8) is 0 Å². The molecule has 57 heavy (non-hydrogen) atoms. The highest BCUT2D eigenvalue weighted by Crippen LogP contribution is 2.47. The van der Waals surface area contributed by atoms with Crippen LogP contribution in [0.25, 0.3) is 124 Å². The molecule has 0 aliphatic heterocycles. The van der Waals surface area contributed by atoms with Crippen molar-refractivity contribution in [1.29, 1.82) is 0 Å². The average molecular weight is 742 g/mol. The molecule has 3 heterocycles. The minimum atomic E-state index is 0.907. The van der Waals surface area contributed by atoms with Gasteiger partial charge in [0.1, 0.15) is 11.2 Å². The van der Waals surface area contributed by atoms with E-state index < -0.39 is 0 Å². The van der Waals surface area contributed by atoms with Gasteiger partial charge in [0, 0.05) is 47.4 Å². The second-order valence-corrected chi connectivity index (χ2v) is 16.3. The van der Waals surface area contributed by atoms with Gasteiger partial charge in [-0.25, -0.2) is 0 Å². The normalized spacial score (nSPS) is 12.2. The van der Waals surface area contributed by atoms with Crippen LogP contribution in [-0.4, -0.2) is 4.57 Å². The van der Waals surface area contributed by atoms with Gasteiger partial charge >= 0.3 is 0 Å². The van der Waals surface area contributed by atoms with Gasteiger partial charge in [0.2, 0.25) is 0 Å². The van der Waals surface area contributed by atoms with Gasteiger partial charge in [0.05, 0.1) is 11.0 Å². The number of hydrogen-bond acceptors (Lipinski definition) is 2. The molecule has 0 fully saturated rings. The van der Waals surface area contributed by atoms with Crippen LogP contribution in [0.15, 0.2) is 192 Å². The maximum absolute atomic E-state index is 6.44. The van der Waals surface area contributed by atoms with Gasteiger partial charge in [-0.15, -0.1) is 11.3 Å². The molecule has 0 N–H and O–H groups in total. The van der Waals surface area contributed by atoms with Crippen LogP contribution in [-0.2, 0) is 0 Å². The predicted octanol–water partition coefficient (Wildman–Crippen LogP) is 15.8. The second kappa shape index (κ2) is 11.7. The summed E-state index contributed by atoms with van der Waals surface area (Å²) < 4.78 is 11.5. The molecule has 0 atom stereocenters. The topological polar surface area (TPSA) is 18.1 Å². The number of fused-ring (bicyclic) bond motifs is 12. The Morgan fingerprint density at radius 2 is 0.895 bits per heavy atom. The lowest BCUT2D eigenvalue weighted by Crippen LogP contribution is -1.93. The Morgan fingerprint density at radius 3 is 1.61 bits per heavy atom. The van der Waals surface area contributed by atoms with Crippen LogP contribution in [0.3, 0.4) is 0 Å². The van der Waals surface area contributed by atoms with Gasteiger partial charge < -0.3 is 8.98 Å². The van der Waals surface area contributed by atoms with E-state index in [0.29, 0.717) is 0 Å². The number of hydrogen-bond donors (Lipinski definition) is 0. The van der Waals surface area contributed by atoms with Crippen LogP contribution in [0.1, 0.15) is 0 Å². The van der Waals surface area contributed by atoms with Gasteiger partial charge in [-0.2, -0.15) is 0 Å². The van der Waals surface area contributed by atoms with E-state index in [0.717, 1.165) is 21.9 Å². The maximum Gasteiger partial charge on any atom is 0.136 e. The highest BCUT2D eigenvalue weighted by molar-refractivity contribution is 7.25. The third-order valence-corrected chi connectivity index (χ3v) is 13.3. The van der Waals surface area contributed by atoms with E-state index in [4.69, 9.17) is 4.42 Å². The summed E-state index contributed by atoms with van der Waals surface area (Å²) in [5, 5.41) is 14.8. The van der Waals surface area contributed by atoms with E-state index in [1.54, 1.807) is 0 Å². The zero-order chi connectivity index (χ0) is 37.2. The van der Waals surface area contributed by atoms with Crippen molar-refractivity contribution >= 4 is 108 Å². The molecule has 0 aliphatic carbocycles. The van der Waals surface area contributed by atoms with Crippen molar-refractivity contribution in [2.24, 2.45) is 0 Å². The fourth-order valence-electron chi connectivity index (χ4n) is 9.62. The summed E-state index contributed by atoms with van der Waals surface area (Å²) in [4.78, 5) is 0. The molecule has 0 aliphatic rings. The predicted molar refractivity (Wildman–Crippen MR) is 244 cm³/mol. The fourth-order valence-corrected chi connectivity index (χ4v) is 10.7. The molecule has 0 radical (unpaired) electrons. The Labute approximate surface area is 331 Å². The van der Waals surface area contributed by atoms with Crippen molar-refractivity contribution in [3.05, 3.63) is 188 Å². The molecule has 264 valence electrons. The minimum absolute atomic E-state index is 0.907. The summed E-state index contributed by atoms with van der Waals surface area (Å²) in [6.45, 7) is 0. The fraction of sp³-hybridized carbons (Fsp3) is 0. The summed E-state index contributed by atoms with van der Waals surface area (Å²) in [5.74, 6) is 0. The van der Waals surface area contributed by atoms with Crippen LogP contribution in [0.5, 0.6) is 0 Å². The SMILES string of the molecule is c1ccc(-n2c3ccc(-c4c5ccccc5c(-c5ccc6oc7cc8ccccc8cc7c6c5)c5ccccc45)cc3c3cc4c(cc32)sc2ccccc24)cc1. The summed E-state index contributed by atoms with van der Waals surface area (Å²) in [6, 6.07) is 69.1. The van der Waals surface area contributed by atoms with Gasteiger partial charge in [0.25, 0.3) is 0 Å². The third-order valence-electron chi connectivity index (χ3n) is 12.1. The lowest BCUT2D eigenvalue weighted by Gasteiger charge is -2.18. The van der Waals surface area contributed by atoms with Gasteiger partial charge in [-0.1, -0.05) is 121 Å². The Balaban J connectivity index is 1.08. The first kappa shape index (κ1) is 31.1. The molecule has 3 aromatic heterocycles. The van der Waals surface area contributed by atoms with E-state index in [-0.39, 0.29) is 0 Å². The molecule has 13 rings (SSSR count). The number of benzene rings is 10. The summed E-state index contributed by atoms with van der Waals surface area (Å²) in [5.41, 5.74) is 10.3. The molecular weight excluding hydrogens is 711 g/mol. The van der Waals surface area contributed by atoms with Crippen LogP contribution in [0.4, 0.5) is 0 Å². The van der Waals surface area contributed by atoms with Crippen LogP contribution in [0.2, 0.25) is 0 Å². The molecule has 0 amide bonds. The number of thiophene rings is 1. The summed E-state index contributed by atoms with van der Waals surface area (Å²) >= 11 is 1.88. The maximum atomic E-state index is 6.44. The van der Waals surface area contributed by atoms with Crippen LogP contribution < -0.4 is 0 Å². The first-order chi connectivity index (χ1) is 28.2. The molecule has 10 aromatic carbocycles. The van der Waals surface area contributed by atoms with Crippen molar-refractivity contribution in [1.82, 2.24) is 4.57 Å². The number of para-hydroxylation sites is 1. The molecule has 2 nitrogen and oxygen atoms in total. The van der Waals surface area contributed by atoms with E-state index >= 15 is 0 Å². The molecule has 3 heteroatoms. The summed E-state index contributed by atoms with van der Waals surface area (Å²) in [6.07, 6.45) is 0. The molecule has 0 spiro atoms. The number of aromatic nitrogens is 1. The molecule has 0 unspecified atom stereocenters. The average Bonchev–Trinajstić information content (AvgIpc) is 3.92. The van der Waals surface area contributed by atoms with Crippen LogP contribution >= 0.6 is 11.3 Å². The molecule has 0 saturated heterocycles. The molecular formula is C54H31NOS. The number of furan rings is 1. The largest absolute Gasteiger partial charge is 0.456 e. The second-order valence-electron chi connectivity index (χ2n) is 15.2. The highest BCUT2D eigenvalue weighted by Gasteiger charge is 2.21. The van der Waals surface area contributed by atoms with Crippen molar-refractivity contribution in [3.8, 4) is 27.9 Å². The first-order valence-corrected chi connectivity index (χ1v) is 20.3. The Hall–Kier alpha value is -7.20. The van der Waals surface area contributed by atoms with E-state index in [1.807, 2.05) is 11.3 Å². The lowest BCUT2D eigenvalue weighted by molar-refractivity contribution is 0.669. The molecule has 0 saturated carbocycles. The monoisotopic (exact) mass is 741 g/mol. The first-order valence-electron chi connectivity index (χ1n) is 19.5. The van der Waals surface area contributed by atoms with E-state index in [9.17, 15) is 0 Å². The van der Waals surface area contributed by atoms with E-state index in [1.165, 1.54) is 102 Å². The Kier molecular flexibility index (Phi) is 6.35. The van der Waals surface area contributed by atoms with Gasteiger partial charge in [-0.05, 0) is 121 Å². The minimum Gasteiger partial charge on any atom is -0.456 e. The smallest absolute Gasteiger partial charge is 0.136 e. The van der Waals surface area contributed by atoms with Gasteiger partial charge in [0.15, 0.2) is 0 Å². The van der Waals surface area contributed by atoms with E-state index in [2.05, 4.69) is 193 Å². The zero-order valence-electron chi connectivity index (χ0n) is 30.7. The molecule has 13 aromatic rings. The zero-order valence-corrected chi connectivity index (χ0v) is 31.5. The third kappa shape index (κ3) is 4.46. The standard InChI is InChI=1S/C54H31NOS/c1-2-14-36(15-3-1)55-47-24-22-34(27-42(47)43-30-46-37-16-10-11-21-51(37)57-52(46)31-48(43)55)53-38-17-6-8-19-40(38)54(41-20-9-7-18-39(41)53)35-23-25-49-44(28-35)45-26-32-12-4-5-13-33(32)29-50(45)56-49/h1-31H. The Bertz CT molecular complexity index is 3750. The number of rotatable bonds is 3. The number of nitrogens with zero attached hydrogens (tertiary/aromatic N) is 1. The van der Waals surface area contributed by atoms with Crippen LogP contribution in [0, 0.1) is 0 Å². The van der Waals surface area contributed by atoms with Crippen molar-refractivity contribution in [2.75, 3.05) is 0 Å². The summed E-state index contributed by atoms with van der Waals surface area (Å²) in [7, 11) is 0. The Morgan fingerprint density at radius 1 is 0.333 bits per heavy atom. The quantitative estimate of drug-likeness (QED) is 0.165. The molecule has 0 bridgehead atoms. The van der Waals surface area contributed by atoms with Gasteiger partial charge in [-0.3, -0.25) is 0 Å². The van der Waals surface area contributed by atoms with Crippen molar-refractivity contribution < 1.29 is 4.42 Å².